The molecule has 2 aromatic rings. The highest BCUT2D eigenvalue weighted by atomic mass is 16.5. The van der Waals surface area contributed by atoms with E-state index in [9.17, 15) is 4.79 Å². The van der Waals surface area contributed by atoms with Crippen LogP contribution in [0.3, 0.4) is 0 Å². The van der Waals surface area contributed by atoms with Gasteiger partial charge in [-0.05, 0) is 12.1 Å². The number of anilines is 1. The fourth-order valence-electron chi connectivity index (χ4n) is 2.44. The third-order valence-corrected chi connectivity index (χ3v) is 3.52. The van der Waals surface area contributed by atoms with Crippen molar-refractivity contribution in [1.82, 2.24) is 20.6 Å². The fraction of sp³-hybridized carbons (Fsp3) is 0.312. The highest BCUT2D eigenvalue weighted by Gasteiger charge is 2.22. The van der Waals surface area contributed by atoms with Crippen LogP contribution in [0.5, 0.6) is 5.75 Å². The number of rotatable bonds is 5. The number of urea groups is 1. The maximum absolute atomic E-state index is 12.0. The van der Waals surface area contributed by atoms with Gasteiger partial charge < -0.3 is 20.7 Å². The largest absolute Gasteiger partial charge is 0.493 e. The van der Waals surface area contributed by atoms with Gasteiger partial charge in [-0.15, -0.1) is 0 Å². The minimum atomic E-state index is -0.192. The Balaban J connectivity index is 1.43. The van der Waals surface area contributed by atoms with E-state index in [0.29, 0.717) is 25.6 Å². The predicted molar refractivity (Wildman–Crippen MR) is 86.4 cm³/mol. The highest BCUT2D eigenvalue weighted by Crippen LogP contribution is 2.31. The first kappa shape index (κ1) is 15.1. The van der Waals surface area contributed by atoms with E-state index >= 15 is 0 Å². The molecule has 1 aliphatic rings. The van der Waals surface area contributed by atoms with Crippen molar-refractivity contribution in [3.05, 3.63) is 48.3 Å². The zero-order chi connectivity index (χ0) is 15.9. The summed E-state index contributed by atoms with van der Waals surface area (Å²) in [5, 5.41) is 8.84. The first-order valence-electron chi connectivity index (χ1n) is 7.60. The summed E-state index contributed by atoms with van der Waals surface area (Å²) in [5.74, 6) is 1.39. The Morgan fingerprint density at radius 2 is 2.00 bits per heavy atom. The number of hydrogen-bond acceptors (Lipinski definition) is 5. The molecule has 7 heteroatoms. The second-order valence-electron chi connectivity index (χ2n) is 5.13. The van der Waals surface area contributed by atoms with E-state index in [0.717, 1.165) is 17.7 Å². The highest BCUT2D eigenvalue weighted by molar-refractivity contribution is 5.74. The number of fused-ring (bicyclic) bond motifs is 1. The lowest BCUT2D eigenvalue weighted by atomic mass is 10.0. The summed E-state index contributed by atoms with van der Waals surface area (Å²) in [6, 6.07) is 9.32. The van der Waals surface area contributed by atoms with Crippen LogP contribution in [0.25, 0.3) is 0 Å². The minimum absolute atomic E-state index is 0.0228. The summed E-state index contributed by atoms with van der Waals surface area (Å²) in [5.41, 5.74) is 1.02. The van der Waals surface area contributed by atoms with Crippen molar-refractivity contribution in [1.29, 1.82) is 0 Å². The maximum Gasteiger partial charge on any atom is 0.315 e. The lowest BCUT2D eigenvalue weighted by Gasteiger charge is -2.26. The second kappa shape index (κ2) is 7.44. The Hall–Kier alpha value is -2.83. The number of aromatic nitrogens is 2. The number of para-hydroxylation sites is 1. The molecule has 23 heavy (non-hydrogen) atoms. The molecule has 0 radical (unpaired) electrons. The summed E-state index contributed by atoms with van der Waals surface area (Å²) in [7, 11) is 0. The van der Waals surface area contributed by atoms with Crippen molar-refractivity contribution in [2.75, 3.05) is 25.0 Å². The normalized spacial score (nSPS) is 15.9. The van der Waals surface area contributed by atoms with Crippen LogP contribution in [0.4, 0.5) is 10.7 Å². The monoisotopic (exact) mass is 313 g/mol. The van der Waals surface area contributed by atoms with Gasteiger partial charge in [-0.25, -0.2) is 14.8 Å². The number of nitrogens with zero attached hydrogens (tertiary/aromatic N) is 2. The number of carbonyl (C=O) groups excluding carboxylic acids is 1. The number of hydrogen-bond donors (Lipinski definition) is 3. The topological polar surface area (TPSA) is 88.2 Å². The Kier molecular flexibility index (Phi) is 4.88. The molecule has 7 nitrogen and oxygen atoms in total. The molecule has 1 aromatic carbocycles. The number of nitrogens with one attached hydrogen (secondary N) is 3. The summed E-state index contributed by atoms with van der Waals surface area (Å²) in [6.07, 6.45) is 4.09. The van der Waals surface area contributed by atoms with Gasteiger partial charge in [0.15, 0.2) is 0 Å². The van der Waals surface area contributed by atoms with Gasteiger partial charge in [0, 0.05) is 37.5 Å². The number of ether oxygens (including phenoxy) is 1. The Bertz CT molecular complexity index is 650. The lowest BCUT2D eigenvalue weighted by Crippen LogP contribution is -2.41. The molecule has 0 saturated carbocycles. The molecule has 0 bridgehead atoms. The van der Waals surface area contributed by atoms with E-state index in [1.807, 2.05) is 24.3 Å². The maximum atomic E-state index is 12.0. The number of amides is 2. The van der Waals surface area contributed by atoms with E-state index in [-0.39, 0.29) is 12.1 Å². The third kappa shape index (κ3) is 4.09. The Morgan fingerprint density at radius 3 is 2.87 bits per heavy atom. The van der Waals surface area contributed by atoms with Crippen molar-refractivity contribution < 1.29 is 9.53 Å². The van der Waals surface area contributed by atoms with Crippen LogP contribution in [0.2, 0.25) is 0 Å². The van der Waals surface area contributed by atoms with Crippen LogP contribution in [0.1, 0.15) is 18.0 Å². The Morgan fingerprint density at radius 1 is 1.17 bits per heavy atom. The van der Waals surface area contributed by atoms with Gasteiger partial charge >= 0.3 is 6.03 Å². The van der Waals surface area contributed by atoms with E-state index in [2.05, 4.69) is 25.9 Å². The zero-order valence-corrected chi connectivity index (χ0v) is 12.7. The molecule has 0 aliphatic carbocycles. The van der Waals surface area contributed by atoms with Gasteiger partial charge in [0.05, 0.1) is 12.6 Å². The van der Waals surface area contributed by atoms with E-state index in [1.54, 1.807) is 18.5 Å². The summed E-state index contributed by atoms with van der Waals surface area (Å²) in [4.78, 5) is 20.1. The van der Waals surface area contributed by atoms with Crippen LogP contribution >= 0.6 is 0 Å². The summed E-state index contributed by atoms with van der Waals surface area (Å²) < 4.78 is 5.59. The third-order valence-electron chi connectivity index (χ3n) is 3.52. The fourth-order valence-corrected chi connectivity index (χ4v) is 2.44. The van der Waals surface area contributed by atoms with E-state index < -0.39 is 0 Å². The number of benzene rings is 1. The molecular formula is C16H19N5O2. The molecule has 120 valence electrons. The van der Waals surface area contributed by atoms with Crippen LogP contribution in [-0.4, -0.2) is 35.7 Å². The molecule has 0 unspecified atom stereocenters. The molecule has 3 rings (SSSR count). The number of carbonyl (C=O) groups is 1. The quantitative estimate of drug-likeness (QED) is 0.731. The van der Waals surface area contributed by atoms with Gasteiger partial charge in [0.2, 0.25) is 5.95 Å². The van der Waals surface area contributed by atoms with Gasteiger partial charge in [0.25, 0.3) is 0 Å². The van der Waals surface area contributed by atoms with Crippen molar-refractivity contribution in [3.8, 4) is 5.75 Å². The van der Waals surface area contributed by atoms with Gasteiger partial charge in [-0.1, -0.05) is 18.2 Å². The summed E-state index contributed by atoms with van der Waals surface area (Å²) >= 11 is 0. The molecular weight excluding hydrogens is 294 g/mol. The average molecular weight is 313 g/mol. The predicted octanol–water partition coefficient (Wildman–Crippen LogP) is 1.71. The van der Waals surface area contributed by atoms with Crippen molar-refractivity contribution >= 4 is 12.0 Å². The smallest absolute Gasteiger partial charge is 0.315 e. The van der Waals surface area contributed by atoms with Crippen LogP contribution < -0.4 is 20.7 Å². The lowest BCUT2D eigenvalue weighted by molar-refractivity contribution is 0.223. The van der Waals surface area contributed by atoms with E-state index in [1.165, 1.54) is 0 Å². The molecule has 1 aliphatic heterocycles. The first-order valence-corrected chi connectivity index (χ1v) is 7.60. The molecule has 1 atom stereocenters. The van der Waals surface area contributed by atoms with Crippen molar-refractivity contribution in [2.45, 2.75) is 12.5 Å². The average Bonchev–Trinajstić information content (AvgIpc) is 2.60. The van der Waals surface area contributed by atoms with Crippen LogP contribution in [-0.2, 0) is 0 Å². The molecule has 0 fully saturated rings. The first-order chi connectivity index (χ1) is 11.3. The van der Waals surface area contributed by atoms with Gasteiger partial charge in [-0.2, -0.15) is 0 Å². The molecule has 1 aromatic heterocycles. The molecule has 0 saturated heterocycles. The molecule has 2 heterocycles. The Labute approximate surface area is 134 Å². The van der Waals surface area contributed by atoms with Crippen LogP contribution in [0.15, 0.2) is 42.7 Å². The summed E-state index contributed by atoms with van der Waals surface area (Å²) in [6.45, 7) is 1.64. The second-order valence-corrected chi connectivity index (χ2v) is 5.13. The zero-order valence-electron chi connectivity index (χ0n) is 12.7. The standard InChI is InChI=1S/C16H19N5O2/c22-16(20-10-9-19-15-17-7-3-8-18-15)21-13-6-11-23-14-5-2-1-4-12(13)14/h1-5,7-8,13H,6,9-11H2,(H,17,18,19)(H2,20,21,22)/t13-/m1/s1. The van der Waals surface area contributed by atoms with Gasteiger partial charge in [0.1, 0.15) is 5.75 Å². The SMILES string of the molecule is O=C(NCCNc1ncccn1)N[C@@H]1CCOc2ccccc21. The molecule has 2 amide bonds. The van der Waals surface area contributed by atoms with Crippen LogP contribution in [0, 0.1) is 0 Å². The van der Waals surface area contributed by atoms with Crippen molar-refractivity contribution in [3.63, 3.8) is 0 Å². The van der Waals surface area contributed by atoms with E-state index in [4.69, 9.17) is 4.74 Å². The van der Waals surface area contributed by atoms with Gasteiger partial charge in [-0.3, -0.25) is 0 Å². The molecule has 3 N–H and O–H groups in total. The minimum Gasteiger partial charge on any atom is -0.493 e. The molecule has 0 spiro atoms. The van der Waals surface area contributed by atoms with Crippen molar-refractivity contribution in [2.24, 2.45) is 0 Å².